The molecule has 5 heteroatoms. The lowest BCUT2D eigenvalue weighted by Gasteiger charge is -2.16. The van der Waals surface area contributed by atoms with Crippen LogP contribution in [0.4, 0.5) is 10.1 Å². The van der Waals surface area contributed by atoms with Crippen molar-refractivity contribution in [3.8, 4) is 11.3 Å². The summed E-state index contributed by atoms with van der Waals surface area (Å²) in [4.78, 5) is 13.0. The Morgan fingerprint density at radius 2 is 1.93 bits per heavy atom. The lowest BCUT2D eigenvalue weighted by Crippen LogP contribution is -2.21. The van der Waals surface area contributed by atoms with Crippen molar-refractivity contribution < 1.29 is 9.18 Å². The molecule has 2 N–H and O–H groups in total. The lowest BCUT2D eigenvalue weighted by molar-refractivity contribution is -0.117. The molecule has 4 nitrogen and oxygen atoms in total. The maximum absolute atomic E-state index is 13.7. The Bertz CT molecular complexity index is 905. The van der Waals surface area contributed by atoms with Gasteiger partial charge in [0.2, 0.25) is 5.91 Å². The SMILES string of the molecule is CCCc1[nH]nc(-c2cccc(F)c2)c1NC(=O)C(CC)c1ccccc1. The summed E-state index contributed by atoms with van der Waals surface area (Å²) in [7, 11) is 0. The summed E-state index contributed by atoms with van der Waals surface area (Å²) in [5.74, 6) is -0.670. The highest BCUT2D eigenvalue weighted by molar-refractivity contribution is 5.99. The van der Waals surface area contributed by atoms with Crippen LogP contribution in [0.5, 0.6) is 0 Å². The van der Waals surface area contributed by atoms with Crippen molar-refractivity contribution >= 4 is 11.6 Å². The molecule has 1 heterocycles. The fourth-order valence-electron chi connectivity index (χ4n) is 3.26. The van der Waals surface area contributed by atoms with Gasteiger partial charge in [0.25, 0.3) is 0 Å². The molecule has 0 spiro atoms. The molecule has 0 radical (unpaired) electrons. The van der Waals surface area contributed by atoms with E-state index in [1.165, 1.54) is 12.1 Å². The molecule has 1 atom stereocenters. The summed E-state index contributed by atoms with van der Waals surface area (Å²) in [5.41, 5.74) is 3.67. The fraction of sp³-hybridized carbons (Fsp3) is 0.273. The number of hydrogen-bond donors (Lipinski definition) is 2. The summed E-state index contributed by atoms with van der Waals surface area (Å²) >= 11 is 0. The number of nitrogens with one attached hydrogen (secondary N) is 2. The average molecular weight is 365 g/mol. The Balaban J connectivity index is 1.95. The summed E-state index contributed by atoms with van der Waals surface area (Å²) in [5, 5.41) is 10.4. The largest absolute Gasteiger partial charge is 0.322 e. The van der Waals surface area contributed by atoms with Crippen molar-refractivity contribution in [3.05, 3.63) is 71.7 Å². The molecule has 1 amide bonds. The van der Waals surface area contributed by atoms with Crippen molar-refractivity contribution in [2.24, 2.45) is 0 Å². The van der Waals surface area contributed by atoms with Crippen LogP contribution in [0.3, 0.4) is 0 Å². The summed E-state index contributed by atoms with van der Waals surface area (Å²) < 4.78 is 13.7. The zero-order valence-corrected chi connectivity index (χ0v) is 15.6. The molecular weight excluding hydrogens is 341 g/mol. The normalized spacial score (nSPS) is 12.0. The van der Waals surface area contributed by atoms with Crippen molar-refractivity contribution in [3.63, 3.8) is 0 Å². The summed E-state index contributed by atoms with van der Waals surface area (Å²) in [6, 6.07) is 16.0. The monoisotopic (exact) mass is 365 g/mol. The third kappa shape index (κ3) is 4.25. The zero-order valence-electron chi connectivity index (χ0n) is 15.6. The van der Waals surface area contributed by atoms with Crippen molar-refractivity contribution in [1.82, 2.24) is 10.2 Å². The second-order valence-electron chi connectivity index (χ2n) is 6.55. The number of nitrogens with zero attached hydrogens (tertiary/aromatic N) is 1. The zero-order chi connectivity index (χ0) is 19.2. The highest BCUT2D eigenvalue weighted by Gasteiger charge is 2.23. The van der Waals surface area contributed by atoms with E-state index in [1.807, 2.05) is 37.3 Å². The van der Waals surface area contributed by atoms with Gasteiger partial charge in [0.1, 0.15) is 11.5 Å². The first-order valence-electron chi connectivity index (χ1n) is 9.33. The van der Waals surface area contributed by atoms with Gasteiger partial charge in [-0.05, 0) is 30.5 Å². The number of amides is 1. The van der Waals surface area contributed by atoms with Crippen LogP contribution in [0.2, 0.25) is 0 Å². The molecule has 0 saturated carbocycles. The summed E-state index contributed by atoms with van der Waals surface area (Å²) in [6.07, 6.45) is 2.34. The number of hydrogen-bond acceptors (Lipinski definition) is 2. The molecule has 0 aliphatic heterocycles. The number of rotatable bonds is 7. The van der Waals surface area contributed by atoms with Gasteiger partial charge in [0.05, 0.1) is 17.3 Å². The van der Waals surface area contributed by atoms with Crippen molar-refractivity contribution in [2.75, 3.05) is 5.32 Å². The van der Waals surface area contributed by atoms with Crippen molar-refractivity contribution in [1.29, 1.82) is 0 Å². The third-order valence-electron chi connectivity index (χ3n) is 4.61. The van der Waals surface area contributed by atoms with Gasteiger partial charge in [-0.15, -0.1) is 0 Å². The number of halogens is 1. The number of H-pyrrole nitrogens is 1. The first-order valence-corrected chi connectivity index (χ1v) is 9.33. The molecule has 27 heavy (non-hydrogen) atoms. The maximum atomic E-state index is 13.7. The van der Waals surface area contributed by atoms with Gasteiger partial charge >= 0.3 is 0 Å². The van der Waals surface area contributed by atoms with E-state index in [2.05, 4.69) is 22.4 Å². The fourth-order valence-corrected chi connectivity index (χ4v) is 3.26. The van der Waals surface area contributed by atoms with E-state index < -0.39 is 0 Å². The number of anilines is 1. The second-order valence-corrected chi connectivity index (χ2v) is 6.55. The summed E-state index contributed by atoms with van der Waals surface area (Å²) in [6.45, 7) is 4.06. The Morgan fingerprint density at radius 1 is 1.15 bits per heavy atom. The van der Waals surface area contributed by atoms with Gasteiger partial charge in [0.15, 0.2) is 0 Å². The Hall–Kier alpha value is -2.95. The van der Waals surface area contributed by atoms with E-state index in [0.29, 0.717) is 23.4 Å². The van der Waals surface area contributed by atoms with Crippen molar-refractivity contribution in [2.45, 2.75) is 39.0 Å². The first-order chi connectivity index (χ1) is 13.1. The van der Waals surface area contributed by atoms with Crippen LogP contribution in [0.25, 0.3) is 11.3 Å². The second kappa shape index (κ2) is 8.62. The van der Waals surface area contributed by atoms with Crippen LogP contribution < -0.4 is 5.32 Å². The molecule has 2 aromatic carbocycles. The van der Waals surface area contributed by atoms with Crippen LogP contribution in [-0.4, -0.2) is 16.1 Å². The quantitative estimate of drug-likeness (QED) is 0.597. The Labute approximate surface area is 158 Å². The van der Waals surface area contributed by atoms with Crippen LogP contribution in [0, 0.1) is 5.82 Å². The predicted molar refractivity (Wildman–Crippen MR) is 106 cm³/mol. The first kappa shape index (κ1) is 18.8. The van der Waals surface area contributed by atoms with Gasteiger partial charge in [0, 0.05) is 5.56 Å². The van der Waals surface area contributed by atoms with E-state index in [4.69, 9.17) is 0 Å². The van der Waals surface area contributed by atoms with Crippen LogP contribution in [0.15, 0.2) is 54.6 Å². The molecule has 3 rings (SSSR count). The molecule has 0 saturated heterocycles. The van der Waals surface area contributed by atoms with Gasteiger partial charge in [-0.2, -0.15) is 5.10 Å². The topological polar surface area (TPSA) is 57.8 Å². The number of benzene rings is 2. The van der Waals surface area contributed by atoms with E-state index >= 15 is 0 Å². The molecule has 0 aliphatic rings. The number of aromatic nitrogens is 2. The third-order valence-corrected chi connectivity index (χ3v) is 4.61. The van der Waals surface area contributed by atoms with Crippen LogP contribution in [-0.2, 0) is 11.2 Å². The van der Waals surface area contributed by atoms with Gasteiger partial charge < -0.3 is 5.32 Å². The molecule has 0 fully saturated rings. The van der Waals surface area contributed by atoms with E-state index in [0.717, 1.165) is 24.1 Å². The number of aryl methyl sites for hydroxylation is 1. The minimum atomic E-state index is -0.333. The highest BCUT2D eigenvalue weighted by Crippen LogP contribution is 2.31. The molecule has 140 valence electrons. The molecule has 0 bridgehead atoms. The molecular formula is C22H24FN3O. The van der Waals surface area contributed by atoms with Gasteiger partial charge in [-0.3, -0.25) is 9.89 Å². The highest BCUT2D eigenvalue weighted by atomic mass is 19.1. The maximum Gasteiger partial charge on any atom is 0.232 e. The smallest absolute Gasteiger partial charge is 0.232 e. The molecule has 1 aromatic heterocycles. The average Bonchev–Trinajstić information content (AvgIpc) is 3.06. The van der Waals surface area contributed by atoms with Crippen LogP contribution >= 0.6 is 0 Å². The number of aromatic amines is 1. The Morgan fingerprint density at radius 3 is 2.59 bits per heavy atom. The minimum Gasteiger partial charge on any atom is -0.322 e. The molecule has 3 aromatic rings. The van der Waals surface area contributed by atoms with Crippen LogP contribution in [0.1, 0.15) is 43.9 Å². The molecule has 1 unspecified atom stereocenters. The molecule has 0 aliphatic carbocycles. The lowest BCUT2D eigenvalue weighted by atomic mass is 9.95. The minimum absolute atomic E-state index is 0.0832. The van der Waals surface area contributed by atoms with E-state index in [9.17, 15) is 9.18 Å². The van der Waals surface area contributed by atoms with Gasteiger partial charge in [-0.1, -0.05) is 62.7 Å². The predicted octanol–water partition coefficient (Wildman–Crippen LogP) is 5.30. The van der Waals surface area contributed by atoms with E-state index in [1.54, 1.807) is 12.1 Å². The van der Waals surface area contributed by atoms with E-state index in [-0.39, 0.29) is 17.6 Å². The Kier molecular flexibility index (Phi) is 6.01. The number of carbonyl (C=O) groups is 1. The standard InChI is InChI=1S/C22H24FN3O/c1-3-9-19-21(20(26-25-19)16-12-8-13-17(23)14-16)24-22(27)18(4-2)15-10-6-5-7-11-15/h5-8,10-14,18H,3-4,9H2,1-2H3,(H,24,27)(H,25,26). The number of carbonyl (C=O) groups excluding carboxylic acids is 1. The van der Waals surface area contributed by atoms with Gasteiger partial charge in [-0.25, -0.2) is 4.39 Å².